The van der Waals surface area contributed by atoms with Crippen molar-refractivity contribution in [1.82, 2.24) is 9.11 Å². The van der Waals surface area contributed by atoms with Gasteiger partial charge in [0.05, 0.1) is 4.88 Å². The van der Waals surface area contributed by atoms with Gasteiger partial charge in [-0.2, -0.15) is 0 Å². The molecule has 0 saturated heterocycles. The van der Waals surface area contributed by atoms with Gasteiger partial charge in [0.1, 0.15) is 17.1 Å². The fourth-order valence-electron chi connectivity index (χ4n) is 3.41. The molecule has 0 bridgehead atoms. The molecular formula is C24H25N3O2S. The Hall–Kier alpha value is -3.12. The molecule has 2 heterocycles. The van der Waals surface area contributed by atoms with Crippen molar-refractivity contribution in [2.75, 3.05) is 5.32 Å². The summed E-state index contributed by atoms with van der Waals surface area (Å²) in [5.74, 6) is 0.754. The SMILES string of the molecule is CCCCn1sc(-c2ccccc2)c(NCc2c(-c3ccccc3)noc2C)c1=O. The van der Waals surface area contributed by atoms with Gasteiger partial charge in [-0.25, -0.2) is 0 Å². The minimum Gasteiger partial charge on any atom is -0.375 e. The van der Waals surface area contributed by atoms with Gasteiger partial charge in [0.15, 0.2) is 0 Å². The third-order valence-corrected chi connectivity index (χ3v) is 6.28. The second kappa shape index (κ2) is 9.13. The highest BCUT2D eigenvalue weighted by Crippen LogP contribution is 2.32. The summed E-state index contributed by atoms with van der Waals surface area (Å²) >= 11 is 1.52. The first kappa shape index (κ1) is 20.2. The zero-order valence-corrected chi connectivity index (χ0v) is 18.0. The number of aryl methyl sites for hydroxylation is 2. The fraction of sp³-hybridized carbons (Fsp3) is 0.250. The molecule has 0 amide bonds. The normalized spacial score (nSPS) is 11.0. The van der Waals surface area contributed by atoms with Crippen LogP contribution in [0.3, 0.4) is 0 Å². The van der Waals surface area contributed by atoms with Crippen LogP contribution >= 0.6 is 11.5 Å². The molecule has 2 aromatic carbocycles. The van der Waals surface area contributed by atoms with Crippen molar-refractivity contribution in [3.8, 4) is 21.7 Å². The van der Waals surface area contributed by atoms with Crippen LogP contribution in [-0.4, -0.2) is 9.11 Å². The van der Waals surface area contributed by atoms with Crippen LogP contribution in [0.5, 0.6) is 0 Å². The minimum atomic E-state index is 0.0303. The first-order valence-corrected chi connectivity index (χ1v) is 11.0. The molecule has 0 atom stereocenters. The number of hydrogen-bond acceptors (Lipinski definition) is 5. The Morgan fingerprint density at radius 2 is 1.70 bits per heavy atom. The average molecular weight is 420 g/mol. The van der Waals surface area contributed by atoms with Crippen LogP contribution < -0.4 is 10.9 Å². The smallest absolute Gasteiger partial charge is 0.284 e. The van der Waals surface area contributed by atoms with E-state index in [2.05, 4.69) is 17.4 Å². The van der Waals surface area contributed by atoms with Crippen LogP contribution in [0, 0.1) is 6.92 Å². The largest absolute Gasteiger partial charge is 0.375 e. The van der Waals surface area contributed by atoms with Crippen molar-refractivity contribution in [3.05, 3.63) is 82.3 Å². The Balaban J connectivity index is 1.68. The highest BCUT2D eigenvalue weighted by molar-refractivity contribution is 7.10. The van der Waals surface area contributed by atoms with E-state index in [4.69, 9.17) is 4.52 Å². The molecule has 0 radical (unpaired) electrons. The molecule has 0 spiro atoms. The molecule has 6 heteroatoms. The lowest BCUT2D eigenvalue weighted by Crippen LogP contribution is -2.17. The minimum absolute atomic E-state index is 0.0303. The summed E-state index contributed by atoms with van der Waals surface area (Å²) < 4.78 is 7.33. The highest BCUT2D eigenvalue weighted by Gasteiger charge is 2.19. The molecule has 0 aliphatic rings. The second-order valence-corrected chi connectivity index (χ2v) is 8.24. The number of benzene rings is 2. The quantitative estimate of drug-likeness (QED) is 0.383. The van der Waals surface area contributed by atoms with Gasteiger partial charge in [0, 0.05) is 24.2 Å². The number of nitrogens with one attached hydrogen (secondary N) is 1. The van der Waals surface area contributed by atoms with Crippen molar-refractivity contribution < 1.29 is 4.52 Å². The summed E-state index contributed by atoms with van der Waals surface area (Å²) in [4.78, 5) is 14.1. The Morgan fingerprint density at radius 1 is 1.03 bits per heavy atom. The van der Waals surface area contributed by atoms with E-state index in [0.717, 1.165) is 52.4 Å². The zero-order valence-electron chi connectivity index (χ0n) is 17.2. The Morgan fingerprint density at radius 3 is 2.37 bits per heavy atom. The lowest BCUT2D eigenvalue weighted by Gasteiger charge is -2.07. The molecule has 0 saturated carbocycles. The monoisotopic (exact) mass is 419 g/mol. The summed E-state index contributed by atoms with van der Waals surface area (Å²) in [7, 11) is 0. The lowest BCUT2D eigenvalue weighted by molar-refractivity contribution is 0.398. The van der Waals surface area contributed by atoms with Crippen molar-refractivity contribution in [3.63, 3.8) is 0 Å². The van der Waals surface area contributed by atoms with Crippen LogP contribution in [-0.2, 0) is 13.1 Å². The molecular weight excluding hydrogens is 394 g/mol. The van der Waals surface area contributed by atoms with E-state index in [1.165, 1.54) is 11.5 Å². The Bertz CT molecular complexity index is 1160. The van der Waals surface area contributed by atoms with Gasteiger partial charge < -0.3 is 9.84 Å². The van der Waals surface area contributed by atoms with Gasteiger partial charge in [-0.3, -0.25) is 8.75 Å². The molecule has 2 aromatic heterocycles. The van der Waals surface area contributed by atoms with Crippen LogP contribution in [0.15, 0.2) is 70.0 Å². The summed E-state index contributed by atoms with van der Waals surface area (Å²) in [6.07, 6.45) is 2.03. The first-order chi connectivity index (χ1) is 14.7. The third kappa shape index (κ3) is 4.09. The van der Waals surface area contributed by atoms with Gasteiger partial charge in [-0.05, 0) is 18.9 Å². The van der Waals surface area contributed by atoms with Crippen LogP contribution in [0.1, 0.15) is 31.1 Å². The van der Waals surface area contributed by atoms with Crippen molar-refractivity contribution >= 4 is 17.2 Å². The highest BCUT2D eigenvalue weighted by atomic mass is 32.1. The van der Waals surface area contributed by atoms with E-state index in [0.29, 0.717) is 12.2 Å². The maximum Gasteiger partial charge on any atom is 0.284 e. The molecule has 4 rings (SSSR count). The van der Waals surface area contributed by atoms with Crippen LogP contribution in [0.2, 0.25) is 0 Å². The third-order valence-electron chi connectivity index (χ3n) is 5.09. The van der Waals surface area contributed by atoms with Crippen molar-refractivity contribution in [2.45, 2.75) is 39.8 Å². The zero-order chi connectivity index (χ0) is 20.9. The standard InChI is InChI=1S/C24H25N3O2S/c1-3-4-15-27-24(28)22(23(30-27)19-13-9-6-10-14-19)25-16-20-17(2)29-26-21(20)18-11-7-5-8-12-18/h5-14,25H,3-4,15-16H2,1-2H3. The van der Waals surface area contributed by atoms with Gasteiger partial charge in [0.25, 0.3) is 5.56 Å². The summed E-state index contributed by atoms with van der Waals surface area (Å²) in [5.41, 5.74) is 4.49. The Kier molecular flexibility index (Phi) is 6.14. The van der Waals surface area contributed by atoms with Crippen molar-refractivity contribution in [1.29, 1.82) is 0 Å². The average Bonchev–Trinajstić information content (AvgIpc) is 3.31. The number of hydrogen-bond donors (Lipinski definition) is 1. The van der Waals surface area contributed by atoms with Gasteiger partial charge in [-0.15, -0.1) is 0 Å². The Labute approximate surface area is 180 Å². The van der Waals surface area contributed by atoms with E-state index < -0.39 is 0 Å². The fourth-order valence-corrected chi connectivity index (χ4v) is 4.52. The molecule has 5 nitrogen and oxygen atoms in total. The summed E-state index contributed by atoms with van der Waals surface area (Å²) in [5, 5.41) is 7.66. The second-order valence-electron chi connectivity index (χ2n) is 7.21. The number of rotatable bonds is 8. The molecule has 4 aromatic rings. The molecule has 1 N–H and O–H groups in total. The number of nitrogens with zero attached hydrogens (tertiary/aromatic N) is 2. The molecule has 0 aliphatic carbocycles. The summed E-state index contributed by atoms with van der Waals surface area (Å²) in [6.45, 7) is 5.25. The molecule has 0 aliphatic heterocycles. The van der Waals surface area contributed by atoms with E-state index in [-0.39, 0.29) is 5.56 Å². The van der Waals surface area contributed by atoms with Crippen molar-refractivity contribution in [2.24, 2.45) is 0 Å². The first-order valence-electron chi connectivity index (χ1n) is 10.2. The number of aromatic nitrogens is 2. The van der Waals surface area contributed by atoms with Gasteiger partial charge in [0.2, 0.25) is 0 Å². The maximum atomic E-state index is 13.1. The topological polar surface area (TPSA) is 60.1 Å². The molecule has 30 heavy (non-hydrogen) atoms. The molecule has 0 unspecified atom stereocenters. The molecule has 154 valence electrons. The van der Waals surface area contributed by atoms with E-state index in [9.17, 15) is 4.79 Å². The predicted octanol–water partition coefficient (Wildman–Crippen LogP) is 5.95. The van der Waals surface area contributed by atoms with Gasteiger partial charge >= 0.3 is 0 Å². The van der Waals surface area contributed by atoms with E-state index in [1.807, 2.05) is 71.5 Å². The van der Waals surface area contributed by atoms with E-state index in [1.54, 1.807) is 0 Å². The number of unbranched alkanes of at least 4 members (excludes halogenated alkanes) is 1. The van der Waals surface area contributed by atoms with Crippen LogP contribution in [0.25, 0.3) is 21.7 Å². The predicted molar refractivity (Wildman–Crippen MR) is 123 cm³/mol. The summed E-state index contributed by atoms with van der Waals surface area (Å²) in [6, 6.07) is 20.0. The number of anilines is 1. The molecule has 0 fully saturated rings. The van der Waals surface area contributed by atoms with Gasteiger partial charge in [-0.1, -0.05) is 90.7 Å². The lowest BCUT2D eigenvalue weighted by atomic mass is 10.1. The van der Waals surface area contributed by atoms with Crippen LogP contribution in [0.4, 0.5) is 5.69 Å². The van der Waals surface area contributed by atoms with E-state index >= 15 is 0 Å². The maximum absolute atomic E-state index is 13.1.